The second kappa shape index (κ2) is 10.1. The molecule has 3 saturated heterocycles. The molecule has 4 atom stereocenters. The molecule has 0 spiro atoms. The van der Waals surface area contributed by atoms with Crippen LogP contribution in [0.15, 0.2) is 24.3 Å². The third-order valence-electron chi connectivity index (χ3n) is 6.44. The number of nitrogens with zero attached hydrogens (tertiary/aromatic N) is 2. The van der Waals surface area contributed by atoms with Gasteiger partial charge in [0.05, 0.1) is 37.9 Å². The highest BCUT2D eigenvalue weighted by molar-refractivity contribution is 5.94. The molecule has 0 bridgehead atoms. The smallest absolute Gasteiger partial charge is 0.254 e. The number of carbonyl (C=O) groups is 2. The van der Waals surface area contributed by atoms with Crippen LogP contribution in [0.1, 0.15) is 48.9 Å². The molecule has 7 nitrogen and oxygen atoms in total. The van der Waals surface area contributed by atoms with Crippen molar-refractivity contribution in [2.45, 2.75) is 62.9 Å². The van der Waals surface area contributed by atoms with Gasteiger partial charge in [-0.05, 0) is 56.4 Å². The summed E-state index contributed by atoms with van der Waals surface area (Å²) in [4.78, 5) is 29.4. The topological polar surface area (TPSA) is 79.3 Å². The van der Waals surface area contributed by atoms with Crippen molar-refractivity contribution in [3.05, 3.63) is 35.6 Å². The zero-order valence-electron chi connectivity index (χ0n) is 17.7. The number of ether oxygens (including phenoxy) is 2. The van der Waals surface area contributed by atoms with E-state index in [4.69, 9.17) is 9.47 Å². The highest BCUT2D eigenvalue weighted by atomic mass is 19.1. The molecule has 31 heavy (non-hydrogen) atoms. The fraction of sp³-hybridized carbons (Fsp3) is 0.652. The molecule has 0 saturated carbocycles. The highest BCUT2D eigenvalue weighted by Crippen LogP contribution is 2.29. The van der Waals surface area contributed by atoms with Gasteiger partial charge in [0, 0.05) is 25.2 Å². The summed E-state index contributed by atoms with van der Waals surface area (Å²) in [5, 5.41) is 10.3. The van der Waals surface area contributed by atoms with Crippen molar-refractivity contribution in [2.75, 3.05) is 32.8 Å². The highest BCUT2D eigenvalue weighted by Gasteiger charge is 2.40. The molecule has 3 heterocycles. The Kier molecular flexibility index (Phi) is 7.20. The van der Waals surface area contributed by atoms with Gasteiger partial charge in [-0.25, -0.2) is 4.39 Å². The zero-order chi connectivity index (χ0) is 21.8. The SMILES string of the molecule is O=C(C[C@@H]1CC[C@H]2[C@@H](COC[C@H](O)CN2C(=O)c2ccc(F)cc2)O1)N1CCCCC1. The lowest BCUT2D eigenvalue weighted by Gasteiger charge is -2.44. The van der Waals surface area contributed by atoms with Crippen LogP contribution in [-0.4, -0.2) is 83.9 Å². The minimum Gasteiger partial charge on any atom is -0.389 e. The van der Waals surface area contributed by atoms with Crippen LogP contribution in [-0.2, 0) is 14.3 Å². The number of rotatable bonds is 3. The molecule has 1 N–H and O–H groups in total. The van der Waals surface area contributed by atoms with Crippen LogP contribution in [0, 0.1) is 5.82 Å². The molecule has 3 aliphatic rings. The standard InChI is InChI=1S/C23H31FN2O5/c24-17-6-4-16(5-7-17)23(29)26-13-18(27)14-30-15-21-20(26)9-8-19(31-21)12-22(28)25-10-2-1-3-11-25/h4-7,18-21,27H,1-3,8-15H2/t18-,19+,20+,21-/m1/s1. The van der Waals surface area contributed by atoms with Crippen LogP contribution >= 0.6 is 0 Å². The molecule has 1 aromatic carbocycles. The maximum atomic E-state index is 13.3. The van der Waals surface area contributed by atoms with Crippen molar-refractivity contribution in [3.8, 4) is 0 Å². The maximum Gasteiger partial charge on any atom is 0.254 e. The van der Waals surface area contributed by atoms with E-state index in [1.54, 1.807) is 4.90 Å². The third kappa shape index (κ3) is 5.42. The van der Waals surface area contributed by atoms with Gasteiger partial charge in [-0.3, -0.25) is 9.59 Å². The first kappa shape index (κ1) is 22.2. The number of fused-ring (bicyclic) bond motifs is 1. The Balaban J connectivity index is 1.44. The number of benzene rings is 1. The number of β-amino-alcohol motifs (C(OH)–C–C–N with tert-alkyl or cyclic N) is 1. The monoisotopic (exact) mass is 434 g/mol. The molecular weight excluding hydrogens is 403 g/mol. The van der Waals surface area contributed by atoms with E-state index in [0.717, 1.165) is 25.9 Å². The van der Waals surface area contributed by atoms with Gasteiger partial charge < -0.3 is 24.4 Å². The molecule has 0 aromatic heterocycles. The van der Waals surface area contributed by atoms with Gasteiger partial charge in [0.1, 0.15) is 11.9 Å². The summed E-state index contributed by atoms with van der Waals surface area (Å²) in [5.41, 5.74) is 0.372. The first-order valence-corrected chi connectivity index (χ1v) is 11.3. The fourth-order valence-corrected chi connectivity index (χ4v) is 4.80. The lowest BCUT2D eigenvalue weighted by Crippen LogP contribution is -2.57. The van der Waals surface area contributed by atoms with Gasteiger partial charge in [-0.15, -0.1) is 0 Å². The molecule has 0 radical (unpaired) electrons. The lowest BCUT2D eigenvalue weighted by molar-refractivity contribution is -0.155. The number of halogens is 1. The van der Waals surface area contributed by atoms with Gasteiger partial charge in [0.15, 0.2) is 0 Å². The molecule has 1 aromatic rings. The average molecular weight is 435 g/mol. The predicted molar refractivity (Wildman–Crippen MR) is 111 cm³/mol. The average Bonchev–Trinajstić information content (AvgIpc) is 2.77. The van der Waals surface area contributed by atoms with Gasteiger partial charge in [0.25, 0.3) is 5.91 Å². The Labute approximate surface area is 182 Å². The van der Waals surface area contributed by atoms with Crippen LogP contribution in [0.2, 0.25) is 0 Å². The lowest BCUT2D eigenvalue weighted by atomic mass is 9.94. The molecule has 170 valence electrons. The van der Waals surface area contributed by atoms with Crippen LogP contribution in [0.25, 0.3) is 0 Å². The Morgan fingerprint density at radius 3 is 2.55 bits per heavy atom. The minimum absolute atomic E-state index is 0.108. The number of hydrogen-bond acceptors (Lipinski definition) is 5. The van der Waals surface area contributed by atoms with E-state index in [1.807, 2.05) is 4.90 Å². The molecular formula is C23H31FN2O5. The van der Waals surface area contributed by atoms with Crippen LogP contribution in [0.4, 0.5) is 4.39 Å². The number of piperidine rings is 1. The molecule has 8 heteroatoms. The maximum absolute atomic E-state index is 13.3. The Hall–Kier alpha value is -2.03. The van der Waals surface area contributed by atoms with Gasteiger partial charge in [-0.1, -0.05) is 0 Å². The summed E-state index contributed by atoms with van der Waals surface area (Å²) in [6.45, 7) is 2.12. The summed E-state index contributed by atoms with van der Waals surface area (Å²) < 4.78 is 25.2. The van der Waals surface area contributed by atoms with Crippen LogP contribution in [0.5, 0.6) is 0 Å². The number of amides is 2. The van der Waals surface area contributed by atoms with E-state index in [0.29, 0.717) is 24.8 Å². The molecule has 2 amide bonds. The van der Waals surface area contributed by atoms with Gasteiger partial charge in [0.2, 0.25) is 5.91 Å². The Morgan fingerprint density at radius 1 is 1.06 bits per heavy atom. The first-order chi connectivity index (χ1) is 15.0. The van der Waals surface area contributed by atoms with Crippen molar-refractivity contribution >= 4 is 11.8 Å². The second-order valence-corrected chi connectivity index (χ2v) is 8.74. The first-order valence-electron chi connectivity index (χ1n) is 11.3. The third-order valence-corrected chi connectivity index (χ3v) is 6.44. The molecule has 0 unspecified atom stereocenters. The van der Waals surface area contributed by atoms with Crippen LogP contribution < -0.4 is 0 Å². The van der Waals surface area contributed by atoms with E-state index in [9.17, 15) is 19.1 Å². The second-order valence-electron chi connectivity index (χ2n) is 8.74. The predicted octanol–water partition coefficient (Wildman–Crippen LogP) is 1.98. The van der Waals surface area contributed by atoms with E-state index >= 15 is 0 Å². The van der Waals surface area contributed by atoms with Crippen molar-refractivity contribution in [1.29, 1.82) is 0 Å². The summed E-state index contributed by atoms with van der Waals surface area (Å²) in [6, 6.07) is 5.16. The summed E-state index contributed by atoms with van der Waals surface area (Å²) >= 11 is 0. The number of carbonyl (C=O) groups excluding carboxylic acids is 2. The van der Waals surface area contributed by atoms with Crippen molar-refractivity contribution in [3.63, 3.8) is 0 Å². The fourth-order valence-electron chi connectivity index (χ4n) is 4.80. The Bertz CT molecular complexity index is 768. The minimum atomic E-state index is -0.802. The number of aliphatic hydroxyl groups excluding tert-OH is 1. The summed E-state index contributed by atoms with van der Waals surface area (Å²) in [5.74, 6) is -0.537. The van der Waals surface area contributed by atoms with E-state index in [-0.39, 0.29) is 49.8 Å². The van der Waals surface area contributed by atoms with E-state index in [1.165, 1.54) is 30.7 Å². The van der Waals surface area contributed by atoms with E-state index < -0.39 is 11.9 Å². The summed E-state index contributed by atoms with van der Waals surface area (Å²) in [7, 11) is 0. The van der Waals surface area contributed by atoms with Gasteiger partial charge >= 0.3 is 0 Å². The van der Waals surface area contributed by atoms with Crippen molar-refractivity contribution in [2.24, 2.45) is 0 Å². The molecule has 4 rings (SSSR count). The molecule has 3 aliphatic heterocycles. The van der Waals surface area contributed by atoms with E-state index in [2.05, 4.69) is 0 Å². The zero-order valence-corrected chi connectivity index (χ0v) is 17.7. The normalized spacial score (nSPS) is 29.6. The van der Waals surface area contributed by atoms with Crippen molar-refractivity contribution < 1.29 is 28.6 Å². The van der Waals surface area contributed by atoms with Gasteiger partial charge in [-0.2, -0.15) is 0 Å². The largest absolute Gasteiger partial charge is 0.389 e. The molecule has 0 aliphatic carbocycles. The van der Waals surface area contributed by atoms with Crippen LogP contribution in [0.3, 0.4) is 0 Å². The molecule has 3 fully saturated rings. The number of aliphatic hydroxyl groups is 1. The Morgan fingerprint density at radius 2 is 1.81 bits per heavy atom. The quantitative estimate of drug-likeness (QED) is 0.787. The number of likely N-dealkylation sites (tertiary alicyclic amines) is 1. The van der Waals surface area contributed by atoms with Crippen molar-refractivity contribution in [1.82, 2.24) is 9.80 Å². The number of hydrogen-bond donors (Lipinski definition) is 1. The summed E-state index contributed by atoms with van der Waals surface area (Å²) in [6.07, 6.45) is 3.57.